The summed E-state index contributed by atoms with van der Waals surface area (Å²) in [7, 11) is 0. The van der Waals surface area contributed by atoms with Crippen molar-refractivity contribution >= 4 is 16.7 Å². The molecule has 4 nitrogen and oxygen atoms in total. The zero-order valence-electron chi connectivity index (χ0n) is 10.7. The second-order valence-corrected chi connectivity index (χ2v) is 4.14. The first-order valence-corrected chi connectivity index (χ1v) is 5.96. The van der Waals surface area contributed by atoms with Crippen molar-refractivity contribution in [3.63, 3.8) is 0 Å². The molecule has 21 heavy (non-hydrogen) atoms. The minimum Gasteiger partial charge on any atom is -0.490 e. The van der Waals surface area contributed by atoms with Gasteiger partial charge in [0.1, 0.15) is 17.9 Å². The molecule has 7 heteroatoms. The van der Waals surface area contributed by atoms with E-state index in [2.05, 4.69) is 4.74 Å². The summed E-state index contributed by atoms with van der Waals surface area (Å²) in [5, 5.41) is 10.6. The molecule has 2 aromatic carbocycles. The summed E-state index contributed by atoms with van der Waals surface area (Å²) in [5.74, 6) is -1.21. The summed E-state index contributed by atoms with van der Waals surface area (Å²) in [6.45, 7) is -1.12. The normalized spacial score (nSPS) is 11.6. The predicted molar refractivity (Wildman–Crippen MR) is 68.4 cm³/mol. The highest BCUT2D eigenvalue weighted by Gasteiger charge is 2.28. The van der Waals surface area contributed by atoms with E-state index in [9.17, 15) is 18.0 Å². The number of carboxylic acids is 1. The molecule has 2 rings (SSSR count). The average Bonchev–Trinajstić information content (AvgIpc) is 2.41. The number of hydrogen-bond acceptors (Lipinski definition) is 3. The van der Waals surface area contributed by atoms with Gasteiger partial charge in [-0.1, -0.05) is 24.3 Å². The van der Waals surface area contributed by atoms with Crippen LogP contribution in [0.15, 0.2) is 36.4 Å². The zero-order valence-corrected chi connectivity index (χ0v) is 10.7. The molecule has 0 amide bonds. The van der Waals surface area contributed by atoms with Crippen LogP contribution in [0.2, 0.25) is 0 Å². The molecule has 0 spiro atoms. The molecule has 0 fully saturated rings. The molecule has 0 aliphatic heterocycles. The number of aromatic carboxylic acids is 1. The Morgan fingerprint density at radius 2 is 1.71 bits per heavy atom. The van der Waals surface area contributed by atoms with Crippen LogP contribution >= 0.6 is 0 Å². The Morgan fingerprint density at radius 1 is 1.10 bits per heavy atom. The summed E-state index contributed by atoms with van der Waals surface area (Å²) in [5.41, 5.74) is -0.110. The van der Waals surface area contributed by atoms with Crippen LogP contribution in [0.3, 0.4) is 0 Å². The Balaban J connectivity index is 2.17. The van der Waals surface area contributed by atoms with E-state index in [4.69, 9.17) is 9.84 Å². The Hall–Kier alpha value is -2.28. The van der Waals surface area contributed by atoms with E-state index in [-0.39, 0.29) is 11.3 Å². The van der Waals surface area contributed by atoms with E-state index in [0.717, 1.165) is 5.39 Å². The molecule has 112 valence electrons. The third-order valence-corrected chi connectivity index (χ3v) is 2.68. The molecule has 0 aromatic heterocycles. The first-order valence-electron chi connectivity index (χ1n) is 5.96. The summed E-state index contributed by atoms with van der Waals surface area (Å²) >= 11 is 0. The molecule has 0 aliphatic rings. The van der Waals surface area contributed by atoms with Gasteiger partial charge in [0, 0.05) is 0 Å². The molecular formula is C14H11F3O4. The highest BCUT2D eigenvalue weighted by molar-refractivity contribution is 5.97. The van der Waals surface area contributed by atoms with Crippen LogP contribution in [0.1, 0.15) is 10.4 Å². The Labute approximate surface area is 117 Å². The van der Waals surface area contributed by atoms with Gasteiger partial charge in [0.05, 0.1) is 6.61 Å². The Morgan fingerprint density at radius 3 is 2.29 bits per heavy atom. The first-order chi connectivity index (χ1) is 9.87. The smallest absolute Gasteiger partial charge is 0.490 e. The lowest BCUT2D eigenvalue weighted by Gasteiger charge is -2.12. The molecule has 0 bridgehead atoms. The van der Waals surface area contributed by atoms with E-state index in [1.54, 1.807) is 24.3 Å². The highest BCUT2D eigenvalue weighted by Crippen LogP contribution is 2.26. The zero-order chi connectivity index (χ0) is 15.5. The van der Waals surface area contributed by atoms with Crippen LogP contribution in [0.5, 0.6) is 5.75 Å². The van der Waals surface area contributed by atoms with Crippen LogP contribution < -0.4 is 4.74 Å². The Bertz CT molecular complexity index is 652. The van der Waals surface area contributed by atoms with Gasteiger partial charge in [-0.15, -0.1) is 13.2 Å². The van der Waals surface area contributed by atoms with Crippen molar-refractivity contribution in [1.29, 1.82) is 0 Å². The minimum absolute atomic E-state index is 0.00646. The van der Waals surface area contributed by atoms with Crippen molar-refractivity contribution < 1.29 is 32.5 Å². The van der Waals surface area contributed by atoms with E-state index < -0.39 is 25.5 Å². The summed E-state index contributed by atoms with van der Waals surface area (Å²) in [6, 6.07) is 9.90. The molecule has 2 aromatic rings. The lowest BCUT2D eigenvalue weighted by molar-refractivity contribution is -0.325. The number of benzene rings is 2. The maximum absolute atomic E-state index is 11.8. The van der Waals surface area contributed by atoms with Crippen LogP contribution in [0, 0.1) is 0 Å². The predicted octanol–water partition coefficient (Wildman–Crippen LogP) is 3.45. The van der Waals surface area contributed by atoms with Crippen LogP contribution in [-0.4, -0.2) is 30.7 Å². The largest absolute Gasteiger partial charge is 0.522 e. The minimum atomic E-state index is -4.73. The van der Waals surface area contributed by atoms with Gasteiger partial charge in [-0.3, -0.25) is 4.74 Å². The maximum Gasteiger partial charge on any atom is 0.522 e. The summed E-state index contributed by atoms with van der Waals surface area (Å²) in [6.07, 6.45) is -4.73. The number of carbonyl (C=O) groups is 1. The van der Waals surface area contributed by atoms with Gasteiger partial charge in [0.25, 0.3) is 0 Å². The molecule has 0 saturated heterocycles. The number of halogens is 3. The third-order valence-electron chi connectivity index (χ3n) is 2.68. The van der Waals surface area contributed by atoms with E-state index >= 15 is 0 Å². The van der Waals surface area contributed by atoms with Crippen molar-refractivity contribution in [2.24, 2.45) is 0 Å². The molecule has 0 atom stereocenters. The molecule has 0 aliphatic carbocycles. The van der Waals surface area contributed by atoms with Gasteiger partial charge in [-0.05, 0) is 22.9 Å². The molecular weight excluding hydrogens is 289 g/mol. The highest BCUT2D eigenvalue weighted by atomic mass is 19.4. The number of alkyl halides is 3. The van der Waals surface area contributed by atoms with Gasteiger partial charge in [0.2, 0.25) is 0 Å². The van der Waals surface area contributed by atoms with Gasteiger partial charge in [-0.25, -0.2) is 4.79 Å². The molecule has 0 radical (unpaired) electrons. The standard InChI is InChI=1S/C14H11F3O4/c15-14(16,17)21-6-5-20-12-8-10-4-2-1-3-9(10)7-11(12)13(18)19/h1-4,7-8H,5-6H2,(H,18,19). The van der Waals surface area contributed by atoms with Gasteiger partial charge in [-0.2, -0.15) is 0 Å². The Kier molecular flexibility index (Phi) is 4.32. The van der Waals surface area contributed by atoms with Crippen molar-refractivity contribution in [2.45, 2.75) is 6.36 Å². The first kappa shape index (κ1) is 15.1. The van der Waals surface area contributed by atoms with Gasteiger partial charge in [0.15, 0.2) is 0 Å². The fraction of sp³-hybridized carbons (Fsp3) is 0.214. The number of rotatable bonds is 5. The van der Waals surface area contributed by atoms with Crippen LogP contribution in [-0.2, 0) is 4.74 Å². The number of hydrogen-bond donors (Lipinski definition) is 1. The topological polar surface area (TPSA) is 55.8 Å². The molecule has 0 saturated carbocycles. The summed E-state index contributed by atoms with van der Waals surface area (Å²) < 4.78 is 44.1. The fourth-order valence-corrected chi connectivity index (χ4v) is 1.81. The number of carboxylic acid groups (broad SMARTS) is 1. The second-order valence-electron chi connectivity index (χ2n) is 4.14. The molecule has 1 N–H and O–H groups in total. The van der Waals surface area contributed by atoms with E-state index in [1.165, 1.54) is 12.1 Å². The van der Waals surface area contributed by atoms with Crippen molar-refractivity contribution in [1.82, 2.24) is 0 Å². The maximum atomic E-state index is 11.8. The third kappa shape index (κ3) is 4.09. The lowest BCUT2D eigenvalue weighted by Crippen LogP contribution is -2.18. The van der Waals surface area contributed by atoms with Gasteiger partial charge < -0.3 is 9.84 Å². The quantitative estimate of drug-likeness (QED) is 0.859. The van der Waals surface area contributed by atoms with Crippen molar-refractivity contribution in [3.8, 4) is 5.75 Å². The van der Waals surface area contributed by atoms with Crippen molar-refractivity contribution in [2.75, 3.05) is 13.2 Å². The van der Waals surface area contributed by atoms with E-state index in [0.29, 0.717) is 5.39 Å². The fourth-order valence-electron chi connectivity index (χ4n) is 1.81. The number of fused-ring (bicyclic) bond motifs is 1. The molecule has 0 heterocycles. The van der Waals surface area contributed by atoms with Crippen LogP contribution in [0.25, 0.3) is 10.8 Å². The SMILES string of the molecule is O=C(O)c1cc2ccccc2cc1OCCOC(F)(F)F. The van der Waals surface area contributed by atoms with Crippen molar-refractivity contribution in [3.05, 3.63) is 42.0 Å². The lowest BCUT2D eigenvalue weighted by atomic mass is 10.1. The monoisotopic (exact) mass is 300 g/mol. The van der Waals surface area contributed by atoms with E-state index in [1.807, 2.05) is 0 Å². The summed E-state index contributed by atoms with van der Waals surface area (Å²) in [4.78, 5) is 11.2. The van der Waals surface area contributed by atoms with Gasteiger partial charge >= 0.3 is 12.3 Å². The second kappa shape index (κ2) is 6.01. The van der Waals surface area contributed by atoms with Crippen LogP contribution in [0.4, 0.5) is 13.2 Å². The number of ether oxygens (including phenoxy) is 2. The average molecular weight is 300 g/mol. The molecule has 0 unspecified atom stereocenters.